The number of fused-ring (bicyclic) bond motifs is 1. The van der Waals surface area contributed by atoms with E-state index in [2.05, 4.69) is 12.2 Å². The standard InChI is InChI=1S/C18H25FN2O3/c1-11(20-8-9-22)12-2-5-14(6-3-12)21-10-13-4-7-15(23)17(19)16(13)18(21)24/h4,7,11-12,14,20,22-23H,2-3,5-6,8-10H2,1H3. The van der Waals surface area contributed by atoms with Crippen LogP contribution in [0.5, 0.6) is 5.75 Å². The van der Waals surface area contributed by atoms with Crippen LogP contribution < -0.4 is 5.32 Å². The molecule has 24 heavy (non-hydrogen) atoms. The van der Waals surface area contributed by atoms with E-state index in [1.807, 2.05) is 0 Å². The predicted molar refractivity (Wildman–Crippen MR) is 88.2 cm³/mol. The van der Waals surface area contributed by atoms with Crippen molar-refractivity contribution in [2.45, 2.75) is 51.2 Å². The first-order valence-electron chi connectivity index (χ1n) is 8.68. The van der Waals surface area contributed by atoms with Crippen LogP contribution in [0.4, 0.5) is 4.39 Å². The fourth-order valence-electron chi connectivity index (χ4n) is 4.03. The number of halogens is 1. The number of benzene rings is 1. The lowest BCUT2D eigenvalue weighted by atomic mass is 9.81. The maximum atomic E-state index is 14.1. The monoisotopic (exact) mass is 336 g/mol. The van der Waals surface area contributed by atoms with Crippen LogP contribution in [-0.4, -0.2) is 46.3 Å². The number of hydrogen-bond donors (Lipinski definition) is 3. The van der Waals surface area contributed by atoms with Crippen molar-refractivity contribution in [3.63, 3.8) is 0 Å². The highest BCUT2D eigenvalue weighted by molar-refractivity contribution is 5.99. The average molecular weight is 336 g/mol. The molecule has 5 nitrogen and oxygen atoms in total. The number of phenolic OH excluding ortho intramolecular Hbond substituents is 1. The van der Waals surface area contributed by atoms with Gasteiger partial charge in [0, 0.05) is 25.2 Å². The molecule has 1 saturated carbocycles. The van der Waals surface area contributed by atoms with E-state index in [1.54, 1.807) is 11.0 Å². The van der Waals surface area contributed by atoms with Gasteiger partial charge >= 0.3 is 0 Å². The molecule has 1 heterocycles. The van der Waals surface area contributed by atoms with Crippen molar-refractivity contribution in [1.82, 2.24) is 10.2 Å². The van der Waals surface area contributed by atoms with Gasteiger partial charge in [0.25, 0.3) is 5.91 Å². The summed E-state index contributed by atoms with van der Waals surface area (Å²) in [5.74, 6) is -1.02. The van der Waals surface area contributed by atoms with E-state index in [-0.39, 0.29) is 24.1 Å². The van der Waals surface area contributed by atoms with Gasteiger partial charge in [0.2, 0.25) is 0 Å². The zero-order valence-electron chi connectivity index (χ0n) is 14.0. The molecule has 1 unspecified atom stereocenters. The van der Waals surface area contributed by atoms with Gasteiger partial charge in [-0.25, -0.2) is 4.39 Å². The number of nitrogens with one attached hydrogen (secondary N) is 1. The lowest BCUT2D eigenvalue weighted by Gasteiger charge is -2.37. The summed E-state index contributed by atoms with van der Waals surface area (Å²) in [4.78, 5) is 14.3. The molecule has 132 valence electrons. The Morgan fingerprint density at radius 2 is 2.04 bits per heavy atom. The summed E-state index contributed by atoms with van der Waals surface area (Å²) in [7, 11) is 0. The number of carbonyl (C=O) groups is 1. The maximum Gasteiger partial charge on any atom is 0.257 e. The number of nitrogens with zero attached hydrogens (tertiary/aromatic N) is 1. The largest absolute Gasteiger partial charge is 0.505 e. The second-order valence-corrected chi connectivity index (χ2v) is 6.90. The van der Waals surface area contributed by atoms with Crippen LogP contribution >= 0.6 is 0 Å². The Bertz CT molecular complexity index is 615. The van der Waals surface area contributed by atoms with Gasteiger partial charge in [0.1, 0.15) is 0 Å². The molecule has 1 amide bonds. The first kappa shape index (κ1) is 17.2. The number of carbonyl (C=O) groups excluding carboxylic acids is 1. The van der Waals surface area contributed by atoms with Crippen LogP contribution in [0.25, 0.3) is 0 Å². The van der Waals surface area contributed by atoms with Crippen LogP contribution in [0, 0.1) is 11.7 Å². The first-order valence-corrected chi connectivity index (χ1v) is 8.68. The molecule has 1 aliphatic carbocycles. The molecule has 0 bridgehead atoms. The molecule has 1 aliphatic heterocycles. The van der Waals surface area contributed by atoms with E-state index >= 15 is 0 Å². The predicted octanol–water partition coefficient (Wildman–Crippen LogP) is 2.02. The third-order valence-electron chi connectivity index (χ3n) is 5.49. The molecule has 1 fully saturated rings. The lowest BCUT2D eigenvalue weighted by Crippen LogP contribution is -2.42. The van der Waals surface area contributed by atoms with Gasteiger partial charge in [-0.3, -0.25) is 4.79 Å². The molecule has 0 saturated heterocycles. The molecule has 1 aromatic carbocycles. The van der Waals surface area contributed by atoms with E-state index in [9.17, 15) is 14.3 Å². The number of rotatable bonds is 5. The summed E-state index contributed by atoms with van der Waals surface area (Å²) < 4.78 is 14.1. The van der Waals surface area contributed by atoms with Crippen molar-refractivity contribution in [2.75, 3.05) is 13.2 Å². The van der Waals surface area contributed by atoms with Gasteiger partial charge in [-0.05, 0) is 50.2 Å². The van der Waals surface area contributed by atoms with Gasteiger partial charge < -0.3 is 20.4 Å². The zero-order chi connectivity index (χ0) is 17.3. The van der Waals surface area contributed by atoms with Crippen LogP contribution in [0.2, 0.25) is 0 Å². The van der Waals surface area contributed by atoms with Crippen LogP contribution in [0.1, 0.15) is 48.5 Å². The van der Waals surface area contributed by atoms with Crippen molar-refractivity contribution in [3.8, 4) is 5.75 Å². The second kappa shape index (κ2) is 7.07. The minimum Gasteiger partial charge on any atom is -0.505 e. The number of aromatic hydroxyl groups is 1. The summed E-state index contributed by atoms with van der Waals surface area (Å²) >= 11 is 0. The van der Waals surface area contributed by atoms with Crippen molar-refractivity contribution < 1.29 is 19.4 Å². The van der Waals surface area contributed by atoms with Gasteiger partial charge in [-0.15, -0.1) is 0 Å². The second-order valence-electron chi connectivity index (χ2n) is 6.90. The summed E-state index contributed by atoms with van der Waals surface area (Å²) in [6, 6.07) is 3.43. The molecule has 0 aromatic heterocycles. The highest BCUT2D eigenvalue weighted by Gasteiger charge is 2.37. The van der Waals surface area contributed by atoms with E-state index < -0.39 is 11.6 Å². The molecule has 6 heteroatoms. The van der Waals surface area contributed by atoms with Crippen molar-refractivity contribution in [3.05, 3.63) is 29.1 Å². The number of hydrogen-bond acceptors (Lipinski definition) is 4. The molecule has 0 spiro atoms. The lowest BCUT2D eigenvalue weighted by molar-refractivity contribution is 0.0620. The Morgan fingerprint density at radius 3 is 2.71 bits per heavy atom. The number of amides is 1. The molecule has 3 rings (SSSR count). The van der Waals surface area contributed by atoms with E-state index in [0.717, 1.165) is 25.7 Å². The molecule has 1 atom stereocenters. The third kappa shape index (κ3) is 3.13. The number of phenols is 1. The SMILES string of the molecule is CC(NCCO)C1CCC(N2Cc3ccc(O)c(F)c3C2=O)CC1. The van der Waals surface area contributed by atoms with Crippen LogP contribution in [0.3, 0.4) is 0 Å². The molecule has 2 aliphatic rings. The maximum absolute atomic E-state index is 14.1. The quantitative estimate of drug-likeness (QED) is 0.769. The third-order valence-corrected chi connectivity index (χ3v) is 5.49. The van der Waals surface area contributed by atoms with Gasteiger partial charge in [0.05, 0.1) is 12.2 Å². The Kier molecular flexibility index (Phi) is 5.06. The Hall–Kier alpha value is -1.66. The minimum atomic E-state index is -0.796. The summed E-state index contributed by atoms with van der Waals surface area (Å²) in [5, 5.41) is 21.7. The van der Waals surface area contributed by atoms with E-state index in [0.29, 0.717) is 30.6 Å². The summed E-state index contributed by atoms with van der Waals surface area (Å²) in [5.41, 5.74) is 0.700. The topological polar surface area (TPSA) is 72.8 Å². The van der Waals surface area contributed by atoms with Crippen molar-refractivity contribution in [2.24, 2.45) is 5.92 Å². The highest BCUT2D eigenvalue weighted by Crippen LogP contribution is 2.36. The van der Waals surface area contributed by atoms with Crippen molar-refractivity contribution >= 4 is 5.91 Å². The summed E-state index contributed by atoms with van der Waals surface area (Å²) in [6.07, 6.45) is 3.84. The highest BCUT2D eigenvalue weighted by atomic mass is 19.1. The first-order chi connectivity index (χ1) is 11.5. The molecule has 1 aromatic rings. The van der Waals surface area contributed by atoms with Gasteiger partial charge in [-0.2, -0.15) is 0 Å². The fraction of sp³-hybridized carbons (Fsp3) is 0.611. The summed E-state index contributed by atoms with van der Waals surface area (Å²) in [6.45, 7) is 3.30. The number of aliphatic hydroxyl groups excluding tert-OH is 1. The van der Waals surface area contributed by atoms with Gasteiger partial charge in [-0.1, -0.05) is 6.07 Å². The normalized spacial score (nSPS) is 25.0. The molecule has 0 radical (unpaired) electrons. The fourth-order valence-corrected chi connectivity index (χ4v) is 4.03. The Labute approximate surface area is 141 Å². The van der Waals surface area contributed by atoms with Crippen molar-refractivity contribution in [1.29, 1.82) is 0 Å². The number of aliphatic hydroxyl groups is 1. The Morgan fingerprint density at radius 1 is 1.33 bits per heavy atom. The van der Waals surface area contributed by atoms with E-state index in [1.165, 1.54) is 6.07 Å². The molecular formula is C18H25FN2O3. The zero-order valence-corrected chi connectivity index (χ0v) is 14.0. The smallest absolute Gasteiger partial charge is 0.257 e. The van der Waals surface area contributed by atoms with Gasteiger partial charge in [0.15, 0.2) is 11.6 Å². The van der Waals surface area contributed by atoms with Crippen LogP contribution in [-0.2, 0) is 6.54 Å². The minimum absolute atomic E-state index is 0.0371. The molecular weight excluding hydrogens is 311 g/mol. The molecule has 3 N–H and O–H groups in total. The van der Waals surface area contributed by atoms with Crippen LogP contribution in [0.15, 0.2) is 12.1 Å². The Balaban J connectivity index is 1.62. The van der Waals surface area contributed by atoms with E-state index in [4.69, 9.17) is 5.11 Å². The average Bonchev–Trinajstić information content (AvgIpc) is 2.93.